The van der Waals surface area contributed by atoms with Crippen molar-refractivity contribution < 1.29 is 4.79 Å². The molecule has 7 nitrogen and oxygen atoms in total. The number of hydrogen-bond acceptors (Lipinski definition) is 7. The molecule has 0 saturated heterocycles. The summed E-state index contributed by atoms with van der Waals surface area (Å²) in [5.74, 6) is -0.235. The molecule has 4 aromatic rings. The Balaban J connectivity index is 1.28. The highest BCUT2D eigenvalue weighted by Gasteiger charge is 2.20. The molecule has 0 bridgehead atoms. The maximum absolute atomic E-state index is 13.0. The van der Waals surface area contributed by atoms with Crippen molar-refractivity contribution in [2.45, 2.75) is 38.6 Å². The highest BCUT2D eigenvalue weighted by Crippen LogP contribution is 2.33. The number of carbonyl (C=O) groups is 1. The van der Waals surface area contributed by atoms with E-state index < -0.39 is 0 Å². The molecular formula is C21H18ClN5O2S2. The molecular weight excluding hydrogens is 454 g/mol. The van der Waals surface area contributed by atoms with Crippen LogP contribution in [0, 0.1) is 0 Å². The van der Waals surface area contributed by atoms with Gasteiger partial charge in [0.05, 0.1) is 16.7 Å². The molecule has 3 aromatic heterocycles. The molecule has 5 rings (SSSR count). The summed E-state index contributed by atoms with van der Waals surface area (Å²) in [5.41, 5.74) is 1.87. The van der Waals surface area contributed by atoms with Gasteiger partial charge in [0.25, 0.3) is 5.56 Å². The average Bonchev–Trinajstić information content (AvgIpc) is 3.38. The first-order chi connectivity index (χ1) is 15.1. The zero-order valence-corrected chi connectivity index (χ0v) is 18.8. The van der Waals surface area contributed by atoms with E-state index in [4.69, 9.17) is 11.6 Å². The summed E-state index contributed by atoms with van der Waals surface area (Å²) in [6, 6.07) is 7.35. The maximum Gasteiger partial charge on any atom is 0.262 e. The van der Waals surface area contributed by atoms with Gasteiger partial charge < -0.3 is 5.32 Å². The fourth-order valence-electron chi connectivity index (χ4n) is 3.76. The zero-order valence-electron chi connectivity index (χ0n) is 16.4. The van der Waals surface area contributed by atoms with Crippen LogP contribution in [0.4, 0.5) is 5.13 Å². The lowest BCUT2D eigenvalue weighted by Crippen LogP contribution is -2.24. The molecule has 1 N–H and O–H groups in total. The van der Waals surface area contributed by atoms with Crippen molar-refractivity contribution in [3.05, 3.63) is 56.4 Å². The summed E-state index contributed by atoms with van der Waals surface area (Å²) in [6.45, 7) is 0.258. The predicted molar refractivity (Wildman–Crippen MR) is 124 cm³/mol. The molecule has 0 atom stereocenters. The van der Waals surface area contributed by atoms with Crippen LogP contribution in [0.2, 0.25) is 5.02 Å². The monoisotopic (exact) mass is 471 g/mol. The third-order valence-electron chi connectivity index (χ3n) is 5.30. The second-order valence-corrected chi connectivity index (χ2v) is 9.79. The summed E-state index contributed by atoms with van der Waals surface area (Å²) < 4.78 is 1.53. The second kappa shape index (κ2) is 8.49. The summed E-state index contributed by atoms with van der Waals surface area (Å²) in [5, 5.41) is 13.2. The standard InChI is InChI=1S/C21H18ClN5O2S2/c22-14-7-3-1-5-12(14)18-25-26-21(31-18)24-16(28)9-10-27-11-23-19-17(20(27)29)13-6-2-4-8-15(13)30-19/h1,3,5,7,11H,2,4,6,8-10H2,(H,24,26,28). The molecule has 1 aromatic carbocycles. The van der Waals surface area contributed by atoms with Gasteiger partial charge in [0.2, 0.25) is 11.0 Å². The smallest absolute Gasteiger partial charge is 0.262 e. The molecule has 1 aliphatic rings. The Morgan fingerprint density at radius 2 is 2.00 bits per heavy atom. The molecule has 0 fully saturated rings. The highest BCUT2D eigenvalue weighted by molar-refractivity contribution is 7.19. The number of fused-ring (bicyclic) bond motifs is 3. The van der Waals surface area contributed by atoms with Gasteiger partial charge in [-0.1, -0.05) is 41.1 Å². The van der Waals surface area contributed by atoms with E-state index in [2.05, 4.69) is 20.5 Å². The van der Waals surface area contributed by atoms with Gasteiger partial charge >= 0.3 is 0 Å². The van der Waals surface area contributed by atoms with E-state index >= 15 is 0 Å². The van der Waals surface area contributed by atoms with Crippen LogP contribution in [0.1, 0.15) is 29.7 Å². The number of amides is 1. The van der Waals surface area contributed by atoms with Crippen LogP contribution >= 0.6 is 34.3 Å². The van der Waals surface area contributed by atoms with Gasteiger partial charge in [0.15, 0.2) is 5.01 Å². The molecule has 0 spiro atoms. The number of halogens is 1. The number of benzene rings is 1. The van der Waals surface area contributed by atoms with Crippen molar-refractivity contribution in [1.82, 2.24) is 19.7 Å². The number of nitrogens with one attached hydrogen (secondary N) is 1. The van der Waals surface area contributed by atoms with Crippen LogP contribution in [-0.4, -0.2) is 25.7 Å². The Kier molecular flexibility index (Phi) is 5.56. The molecule has 0 unspecified atom stereocenters. The lowest BCUT2D eigenvalue weighted by molar-refractivity contribution is -0.116. The molecule has 0 radical (unpaired) electrons. The number of thiophene rings is 1. The third-order valence-corrected chi connectivity index (χ3v) is 7.70. The quantitative estimate of drug-likeness (QED) is 0.461. The minimum absolute atomic E-state index is 0.0610. The summed E-state index contributed by atoms with van der Waals surface area (Å²) in [7, 11) is 0. The first kappa shape index (κ1) is 20.3. The van der Waals surface area contributed by atoms with E-state index in [1.54, 1.807) is 23.7 Å². The Morgan fingerprint density at radius 3 is 2.87 bits per heavy atom. The summed E-state index contributed by atoms with van der Waals surface area (Å²) in [4.78, 5) is 32.0. The van der Waals surface area contributed by atoms with Crippen molar-refractivity contribution in [2.24, 2.45) is 0 Å². The summed E-state index contributed by atoms with van der Waals surface area (Å²) >= 11 is 9.07. The topological polar surface area (TPSA) is 89.8 Å². The molecule has 3 heterocycles. The SMILES string of the molecule is O=C(CCn1cnc2sc3c(c2c1=O)CCCC3)Nc1nnc(-c2ccccc2Cl)s1. The highest BCUT2D eigenvalue weighted by atomic mass is 35.5. The number of hydrogen-bond donors (Lipinski definition) is 1. The first-order valence-corrected chi connectivity index (χ1v) is 12.0. The lowest BCUT2D eigenvalue weighted by Gasteiger charge is -2.10. The number of aromatic nitrogens is 4. The van der Waals surface area contributed by atoms with Gasteiger partial charge in [0.1, 0.15) is 4.83 Å². The fourth-order valence-corrected chi connectivity index (χ4v) is 6.06. The molecule has 10 heteroatoms. The predicted octanol–water partition coefficient (Wildman–Crippen LogP) is 4.54. The molecule has 0 saturated carbocycles. The Hall–Kier alpha value is -2.62. The van der Waals surface area contributed by atoms with Crippen molar-refractivity contribution in [3.8, 4) is 10.6 Å². The van der Waals surface area contributed by atoms with Crippen LogP contribution in [0.3, 0.4) is 0 Å². The Morgan fingerprint density at radius 1 is 1.16 bits per heavy atom. The van der Waals surface area contributed by atoms with Gasteiger partial charge in [-0.2, -0.15) is 0 Å². The van der Waals surface area contributed by atoms with Crippen molar-refractivity contribution in [3.63, 3.8) is 0 Å². The van der Waals surface area contributed by atoms with Crippen LogP contribution in [-0.2, 0) is 24.2 Å². The van der Waals surface area contributed by atoms with E-state index in [0.29, 0.717) is 15.2 Å². The third kappa shape index (κ3) is 4.00. The van der Waals surface area contributed by atoms with Crippen molar-refractivity contribution in [2.75, 3.05) is 5.32 Å². The van der Waals surface area contributed by atoms with E-state index in [9.17, 15) is 9.59 Å². The average molecular weight is 472 g/mol. The van der Waals surface area contributed by atoms with E-state index in [1.165, 1.54) is 20.8 Å². The largest absolute Gasteiger partial charge is 0.300 e. The number of anilines is 1. The molecule has 1 amide bonds. The Labute approximate surface area is 190 Å². The molecule has 31 heavy (non-hydrogen) atoms. The second-order valence-electron chi connectivity index (χ2n) is 7.32. The molecule has 0 aliphatic heterocycles. The van der Waals surface area contributed by atoms with Crippen LogP contribution in [0.5, 0.6) is 0 Å². The fraction of sp³-hybridized carbons (Fsp3) is 0.286. The van der Waals surface area contributed by atoms with E-state index in [0.717, 1.165) is 47.0 Å². The number of nitrogens with zero attached hydrogens (tertiary/aromatic N) is 4. The maximum atomic E-state index is 13.0. The first-order valence-electron chi connectivity index (χ1n) is 9.98. The lowest BCUT2D eigenvalue weighted by atomic mass is 9.97. The van der Waals surface area contributed by atoms with Crippen molar-refractivity contribution >= 4 is 55.5 Å². The van der Waals surface area contributed by atoms with Crippen LogP contribution in [0.25, 0.3) is 20.8 Å². The number of carbonyl (C=O) groups excluding carboxylic acids is 1. The van der Waals surface area contributed by atoms with Crippen molar-refractivity contribution in [1.29, 1.82) is 0 Å². The minimum atomic E-state index is -0.235. The Bertz CT molecular complexity index is 1340. The van der Waals surface area contributed by atoms with Crippen LogP contribution < -0.4 is 10.9 Å². The van der Waals surface area contributed by atoms with Crippen LogP contribution in [0.15, 0.2) is 35.4 Å². The van der Waals surface area contributed by atoms with E-state index in [-0.39, 0.29) is 24.4 Å². The summed E-state index contributed by atoms with van der Waals surface area (Å²) in [6.07, 6.45) is 5.91. The van der Waals surface area contributed by atoms with Gasteiger partial charge in [-0.3, -0.25) is 14.2 Å². The van der Waals surface area contributed by atoms with Gasteiger partial charge in [-0.25, -0.2) is 4.98 Å². The van der Waals surface area contributed by atoms with Gasteiger partial charge in [-0.05, 0) is 37.3 Å². The molecule has 1 aliphatic carbocycles. The zero-order chi connectivity index (χ0) is 21.4. The molecule has 158 valence electrons. The van der Waals surface area contributed by atoms with Gasteiger partial charge in [-0.15, -0.1) is 21.5 Å². The minimum Gasteiger partial charge on any atom is -0.300 e. The number of rotatable bonds is 5. The van der Waals surface area contributed by atoms with Gasteiger partial charge in [0, 0.05) is 23.4 Å². The van der Waals surface area contributed by atoms with E-state index in [1.807, 2.05) is 18.2 Å². The normalized spacial score (nSPS) is 13.3. The number of aryl methyl sites for hydroxylation is 3.